The fourth-order valence-corrected chi connectivity index (χ4v) is 5.41. The molecule has 1 heterocycles. The van der Waals surface area contributed by atoms with Crippen LogP contribution in [0.4, 0.5) is 0 Å². The van der Waals surface area contributed by atoms with Crippen molar-refractivity contribution in [1.82, 2.24) is 10.2 Å². The van der Waals surface area contributed by atoms with Gasteiger partial charge in [0.05, 0.1) is 12.0 Å². The van der Waals surface area contributed by atoms with Crippen molar-refractivity contribution in [2.45, 2.75) is 91.2 Å². The first-order valence-corrected chi connectivity index (χ1v) is 11.0. The predicted octanol–water partition coefficient (Wildman–Crippen LogP) is 3.52. The van der Waals surface area contributed by atoms with Crippen LogP contribution in [0.1, 0.15) is 79.1 Å². The summed E-state index contributed by atoms with van der Waals surface area (Å²) in [4.78, 5) is 27.5. The van der Waals surface area contributed by atoms with Crippen molar-refractivity contribution in [2.75, 3.05) is 19.7 Å². The highest BCUT2D eigenvalue weighted by molar-refractivity contribution is 5.84. The maximum atomic E-state index is 13.0. The molecule has 3 atom stereocenters. The quantitative estimate of drug-likeness (QED) is 0.814. The summed E-state index contributed by atoms with van der Waals surface area (Å²) in [6.07, 6.45) is 9.17. The zero-order valence-corrected chi connectivity index (χ0v) is 17.7. The van der Waals surface area contributed by atoms with Crippen LogP contribution >= 0.6 is 0 Å². The summed E-state index contributed by atoms with van der Waals surface area (Å²) in [5.41, 5.74) is -0.233. The molecule has 2 aliphatic carbocycles. The molecule has 0 radical (unpaired) electrons. The van der Waals surface area contributed by atoms with E-state index in [2.05, 4.69) is 12.2 Å². The maximum absolute atomic E-state index is 13.0. The van der Waals surface area contributed by atoms with Crippen molar-refractivity contribution in [3.05, 3.63) is 0 Å². The number of nitrogens with one attached hydrogen (secondary N) is 1. The maximum Gasteiger partial charge on any atom is 0.227 e. The first kappa shape index (κ1) is 20.6. The van der Waals surface area contributed by atoms with Gasteiger partial charge < -0.3 is 15.0 Å². The summed E-state index contributed by atoms with van der Waals surface area (Å²) in [6, 6.07) is 0.246. The van der Waals surface area contributed by atoms with E-state index in [-0.39, 0.29) is 34.6 Å². The van der Waals surface area contributed by atoms with Gasteiger partial charge in [0.2, 0.25) is 11.8 Å². The zero-order chi connectivity index (χ0) is 19.7. The number of amides is 2. The van der Waals surface area contributed by atoms with Crippen molar-refractivity contribution in [1.29, 1.82) is 0 Å². The summed E-state index contributed by atoms with van der Waals surface area (Å²) < 4.78 is 6.01. The highest BCUT2D eigenvalue weighted by Gasteiger charge is 2.56. The lowest BCUT2D eigenvalue weighted by Crippen LogP contribution is -2.66. The van der Waals surface area contributed by atoms with E-state index in [9.17, 15) is 9.59 Å². The SMILES string of the molecule is CCO[C@@H]1C[C@H](NC(=O)[C@@H]2CCCN(C(=O)C(C)(C)C)C2)C12CCCCC2. The molecular formula is C22H38N2O3. The molecule has 5 nitrogen and oxygen atoms in total. The molecule has 3 aliphatic rings. The van der Waals surface area contributed by atoms with Gasteiger partial charge in [-0.15, -0.1) is 0 Å². The number of piperidine rings is 1. The molecule has 27 heavy (non-hydrogen) atoms. The Morgan fingerprint density at radius 1 is 1.15 bits per heavy atom. The second-order valence-electron chi connectivity index (χ2n) is 9.88. The second kappa shape index (κ2) is 8.10. The molecule has 0 aromatic heterocycles. The smallest absolute Gasteiger partial charge is 0.227 e. The average molecular weight is 379 g/mol. The van der Waals surface area contributed by atoms with Crippen LogP contribution in [0.2, 0.25) is 0 Å². The van der Waals surface area contributed by atoms with Gasteiger partial charge in [0, 0.05) is 36.6 Å². The van der Waals surface area contributed by atoms with Gasteiger partial charge >= 0.3 is 0 Å². The van der Waals surface area contributed by atoms with Crippen molar-refractivity contribution in [3.63, 3.8) is 0 Å². The van der Waals surface area contributed by atoms with Gasteiger partial charge in [0.25, 0.3) is 0 Å². The van der Waals surface area contributed by atoms with Crippen LogP contribution in [0.5, 0.6) is 0 Å². The van der Waals surface area contributed by atoms with E-state index < -0.39 is 0 Å². The molecule has 154 valence electrons. The minimum Gasteiger partial charge on any atom is -0.378 e. The van der Waals surface area contributed by atoms with E-state index in [1.165, 1.54) is 32.1 Å². The Bertz CT molecular complexity index is 548. The van der Waals surface area contributed by atoms with Crippen LogP contribution in [0.25, 0.3) is 0 Å². The summed E-state index contributed by atoms with van der Waals surface area (Å²) in [5.74, 6) is 0.229. The number of carbonyl (C=O) groups is 2. The standard InChI is InChI=1S/C22H38N2O3/c1-5-27-18-14-17(22(18)11-7-6-8-12-22)23-19(25)16-10-9-13-24(15-16)20(26)21(2,3)4/h16-18H,5-15H2,1-4H3,(H,23,25)/t16-,17+,18-/m1/s1. The Balaban J connectivity index is 1.60. The number of carbonyl (C=O) groups excluding carboxylic acids is 2. The Morgan fingerprint density at radius 3 is 2.48 bits per heavy atom. The highest BCUT2D eigenvalue weighted by Crippen LogP contribution is 2.53. The van der Waals surface area contributed by atoms with Crippen LogP contribution in [-0.2, 0) is 14.3 Å². The number of hydrogen-bond donors (Lipinski definition) is 1. The summed E-state index contributed by atoms with van der Waals surface area (Å²) in [5, 5.41) is 3.38. The van der Waals surface area contributed by atoms with Crippen LogP contribution < -0.4 is 5.32 Å². The molecule has 5 heteroatoms. The third-order valence-corrected chi connectivity index (χ3v) is 6.97. The Kier molecular flexibility index (Phi) is 6.19. The van der Waals surface area contributed by atoms with Gasteiger partial charge in [-0.05, 0) is 39.0 Å². The normalized spacial score (nSPS) is 30.7. The molecule has 0 aromatic carbocycles. The van der Waals surface area contributed by atoms with E-state index in [0.29, 0.717) is 12.6 Å². The van der Waals surface area contributed by atoms with Crippen molar-refractivity contribution >= 4 is 11.8 Å². The lowest BCUT2D eigenvalue weighted by Gasteiger charge is -2.58. The zero-order valence-electron chi connectivity index (χ0n) is 17.7. The lowest BCUT2D eigenvalue weighted by atomic mass is 9.55. The van der Waals surface area contributed by atoms with Gasteiger partial charge in [0.15, 0.2) is 0 Å². The first-order chi connectivity index (χ1) is 12.8. The molecule has 0 aromatic rings. The summed E-state index contributed by atoms with van der Waals surface area (Å²) in [6.45, 7) is 10.0. The second-order valence-corrected chi connectivity index (χ2v) is 9.88. The van der Waals surface area contributed by atoms with E-state index in [1.807, 2.05) is 25.7 Å². The number of likely N-dealkylation sites (tertiary alicyclic amines) is 1. The molecular weight excluding hydrogens is 340 g/mol. The van der Waals surface area contributed by atoms with Gasteiger partial charge in [0.1, 0.15) is 0 Å². The molecule has 1 spiro atoms. The van der Waals surface area contributed by atoms with Crippen molar-refractivity contribution in [2.24, 2.45) is 16.7 Å². The largest absolute Gasteiger partial charge is 0.378 e. The Hall–Kier alpha value is -1.10. The predicted molar refractivity (Wildman–Crippen MR) is 106 cm³/mol. The molecule has 1 saturated heterocycles. The van der Waals surface area contributed by atoms with Gasteiger partial charge in [-0.3, -0.25) is 9.59 Å². The van der Waals surface area contributed by atoms with Gasteiger partial charge in [-0.1, -0.05) is 40.0 Å². The molecule has 2 saturated carbocycles. The van der Waals surface area contributed by atoms with Crippen molar-refractivity contribution < 1.29 is 14.3 Å². The fraction of sp³-hybridized carbons (Fsp3) is 0.909. The van der Waals surface area contributed by atoms with E-state index in [0.717, 1.165) is 32.4 Å². The summed E-state index contributed by atoms with van der Waals surface area (Å²) >= 11 is 0. The average Bonchev–Trinajstić information content (AvgIpc) is 2.66. The number of rotatable bonds is 4. The first-order valence-electron chi connectivity index (χ1n) is 11.0. The van der Waals surface area contributed by atoms with Crippen molar-refractivity contribution in [3.8, 4) is 0 Å². The minimum atomic E-state index is -0.386. The monoisotopic (exact) mass is 378 g/mol. The number of hydrogen-bond acceptors (Lipinski definition) is 3. The minimum absolute atomic E-state index is 0.0724. The van der Waals surface area contributed by atoms with Gasteiger partial charge in [-0.25, -0.2) is 0 Å². The fourth-order valence-electron chi connectivity index (χ4n) is 5.41. The molecule has 3 fully saturated rings. The van der Waals surface area contributed by atoms with E-state index in [1.54, 1.807) is 0 Å². The van der Waals surface area contributed by atoms with Crippen LogP contribution in [-0.4, -0.2) is 48.6 Å². The third kappa shape index (κ3) is 4.18. The molecule has 1 N–H and O–H groups in total. The molecule has 0 bridgehead atoms. The lowest BCUT2D eigenvalue weighted by molar-refractivity contribution is -0.159. The van der Waals surface area contributed by atoms with E-state index in [4.69, 9.17) is 4.74 Å². The van der Waals surface area contributed by atoms with Crippen LogP contribution in [0, 0.1) is 16.7 Å². The Morgan fingerprint density at radius 2 is 1.85 bits per heavy atom. The Labute approximate surface area is 164 Å². The van der Waals surface area contributed by atoms with E-state index >= 15 is 0 Å². The van der Waals surface area contributed by atoms with Crippen LogP contribution in [0.3, 0.4) is 0 Å². The van der Waals surface area contributed by atoms with Crippen LogP contribution in [0.15, 0.2) is 0 Å². The highest BCUT2D eigenvalue weighted by atomic mass is 16.5. The molecule has 3 rings (SSSR count). The summed E-state index contributed by atoms with van der Waals surface area (Å²) in [7, 11) is 0. The topological polar surface area (TPSA) is 58.6 Å². The molecule has 2 amide bonds. The molecule has 1 aliphatic heterocycles. The number of ether oxygens (including phenoxy) is 1. The third-order valence-electron chi connectivity index (χ3n) is 6.97. The molecule has 0 unspecified atom stereocenters. The van der Waals surface area contributed by atoms with Gasteiger partial charge in [-0.2, -0.15) is 0 Å². The number of nitrogens with zero attached hydrogens (tertiary/aromatic N) is 1.